The Labute approximate surface area is 181 Å². The molecule has 11 heteroatoms. The number of sulfonamides is 1. The Balaban J connectivity index is 1.83. The molecule has 3 rings (SSSR count). The molecule has 1 fully saturated rings. The fourth-order valence-electron chi connectivity index (χ4n) is 3.52. The van der Waals surface area contributed by atoms with Crippen LogP contribution in [-0.2, 0) is 10.0 Å². The largest absolute Gasteiger partial charge is 0.362 e. The summed E-state index contributed by atoms with van der Waals surface area (Å²) in [5, 5.41) is 12.3. The highest BCUT2D eigenvalue weighted by atomic mass is 35.5. The second kappa shape index (κ2) is 9.15. The minimum absolute atomic E-state index is 0.0642. The normalized spacial score (nSPS) is 14.9. The molecule has 1 aliphatic heterocycles. The molecule has 0 saturated carbocycles. The van der Waals surface area contributed by atoms with Crippen LogP contribution in [0.4, 0.5) is 17.2 Å². The summed E-state index contributed by atoms with van der Waals surface area (Å²) in [4.78, 5) is 19.4. The smallest absolute Gasteiger partial charge is 0.293 e. The molecule has 0 bridgehead atoms. The van der Waals surface area contributed by atoms with Crippen molar-refractivity contribution < 1.29 is 13.3 Å². The number of halogens is 1. The molecule has 2 heterocycles. The van der Waals surface area contributed by atoms with Crippen LogP contribution in [-0.4, -0.2) is 61.9 Å². The van der Waals surface area contributed by atoms with Crippen LogP contribution >= 0.6 is 11.6 Å². The number of pyridine rings is 1. The van der Waals surface area contributed by atoms with E-state index in [2.05, 4.69) is 9.88 Å². The van der Waals surface area contributed by atoms with Crippen LogP contribution in [0.15, 0.2) is 41.4 Å². The average molecular weight is 454 g/mol. The van der Waals surface area contributed by atoms with Gasteiger partial charge in [0.1, 0.15) is 11.5 Å². The lowest BCUT2D eigenvalue weighted by Crippen LogP contribution is -2.47. The maximum Gasteiger partial charge on any atom is 0.293 e. The lowest BCUT2D eigenvalue weighted by molar-refractivity contribution is -0.384. The molecule has 1 aromatic heterocycles. The first kappa shape index (κ1) is 22.3. The number of nitro groups is 1. The third kappa shape index (κ3) is 4.50. The molecule has 0 amide bonds. The van der Waals surface area contributed by atoms with Gasteiger partial charge < -0.3 is 9.80 Å². The van der Waals surface area contributed by atoms with Crippen molar-refractivity contribution in [1.29, 1.82) is 0 Å². The Morgan fingerprint density at radius 1 is 1.10 bits per heavy atom. The fraction of sp³-hybridized carbons (Fsp3) is 0.421. The van der Waals surface area contributed by atoms with Crippen molar-refractivity contribution in [1.82, 2.24) is 9.29 Å². The minimum atomic E-state index is -3.77. The lowest BCUT2D eigenvalue weighted by Gasteiger charge is -2.36. The van der Waals surface area contributed by atoms with Crippen LogP contribution in [0.1, 0.15) is 13.8 Å². The van der Waals surface area contributed by atoms with Crippen molar-refractivity contribution >= 4 is 38.8 Å². The van der Waals surface area contributed by atoms with Gasteiger partial charge in [0.25, 0.3) is 5.69 Å². The highest BCUT2D eigenvalue weighted by Gasteiger charge is 2.29. The predicted molar refractivity (Wildman–Crippen MR) is 117 cm³/mol. The van der Waals surface area contributed by atoms with E-state index in [0.29, 0.717) is 50.0 Å². The Morgan fingerprint density at radius 2 is 1.73 bits per heavy atom. The van der Waals surface area contributed by atoms with Gasteiger partial charge in [0, 0.05) is 51.5 Å². The third-order valence-electron chi connectivity index (χ3n) is 5.14. The molecular weight excluding hydrogens is 430 g/mol. The van der Waals surface area contributed by atoms with E-state index in [1.165, 1.54) is 16.4 Å². The quantitative estimate of drug-likeness (QED) is 0.469. The van der Waals surface area contributed by atoms with Crippen molar-refractivity contribution in [3.05, 3.63) is 51.7 Å². The number of aromatic nitrogens is 1. The number of hydrogen-bond acceptors (Lipinski definition) is 7. The summed E-state index contributed by atoms with van der Waals surface area (Å²) in [6, 6.07) is 7.76. The lowest BCUT2D eigenvalue weighted by atomic mass is 10.2. The van der Waals surface area contributed by atoms with E-state index in [-0.39, 0.29) is 10.6 Å². The van der Waals surface area contributed by atoms with Crippen LogP contribution in [0, 0.1) is 10.1 Å². The van der Waals surface area contributed by atoms with Gasteiger partial charge in [-0.2, -0.15) is 4.31 Å². The predicted octanol–water partition coefficient (Wildman–Crippen LogP) is 3.00. The third-order valence-corrected chi connectivity index (χ3v) is 7.41. The topological polar surface area (TPSA) is 99.9 Å². The van der Waals surface area contributed by atoms with Crippen molar-refractivity contribution in [3.63, 3.8) is 0 Å². The van der Waals surface area contributed by atoms with Crippen molar-refractivity contribution in [3.8, 4) is 0 Å². The maximum atomic E-state index is 12.7. The number of piperazine rings is 1. The SMILES string of the molecule is CCN(CC)S(=O)(=O)c1ccc(N2CCN(c3ccc(Cl)cn3)CC2)c([N+](=O)[O-])c1. The Morgan fingerprint density at radius 3 is 2.27 bits per heavy atom. The molecule has 0 atom stereocenters. The molecule has 0 N–H and O–H groups in total. The summed E-state index contributed by atoms with van der Waals surface area (Å²) < 4.78 is 26.8. The van der Waals surface area contributed by atoms with Gasteiger partial charge in [-0.15, -0.1) is 0 Å². The van der Waals surface area contributed by atoms with Gasteiger partial charge in [-0.05, 0) is 24.3 Å². The van der Waals surface area contributed by atoms with E-state index in [0.717, 1.165) is 11.9 Å². The first-order valence-electron chi connectivity index (χ1n) is 9.68. The first-order chi connectivity index (χ1) is 14.3. The molecule has 1 saturated heterocycles. The molecule has 1 aliphatic rings. The van der Waals surface area contributed by atoms with Crippen LogP contribution in [0.2, 0.25) is 5.02 Å². The molecule has 9 nitrogen and oxygen atoms in total. The van der Waals surface area contributed by atoms with Gasteiger partial charge in [0.15, 0.2) is 0 Å². The monoisotopic (exact) mass is 453 g/mol. The van der Waals surface area contributed by atoms with E-state index in [1.54, 1.807) is 26.1 Å². The van der Waals surface area contributed by atoms with E-state index >= 15 is 0 Å². The summed E-state index contributed by atoms with van der Waals surface area (Å²) in [5.74, 6) is 0.800. The minimum Gasteiger partial charge on any atom is -0.362 e. The highest BCUT2D eigenvalue weighted by molar-refractivity contribution is 7.89. The first-order valence-corrected chi connectivity index (χ1v) is 11.5. The number of nitrogens with zero attached hydrogens (tertiary/aromatic N) is 5. The molecule has 0 radical (unpaired) electrons. The van der Waals surface area contributed by atoms with Gasteiger partial charge in [-0.1, -0.05) is 25.4 Å². The van der Waals surface area contributed by atoms with Gasteiger partial charge >= 0.3 is 0 Å². The van der Waals surface area contributed by atoms with Crippen LogP contribution in [0.3, 0.4) is 0 Å². The van der Waals surface area contributed by atoms with Crippen LogP contribution < -0.4 is 9.80 Å². The zero-order valence-electron chi connectivity index (χ0n) is 16.9. The summed E-state index contributed by atoms with van der Waals surface area (Å²) in [6.45, 7) is 6.43. The Hall–Kier alpha value is -2.43. The summed E-state index contributed by atoms with van der Waals surface area (Å²) in [5.41, 5.74) is 0.212. The molecule has 0 aliphatic carbocycles. The number of hydrogen-bond donors (Lipinski definition) is 0. The number of benzene rings is 1. The van der Waals surface area contributed by atoms with Crippen molar-refractivity contribution in [2.24, 2.45) is 0 Å². The second-order valence-corrected chi connectivity index (χ2v) is 9.18. The maximum absolute atomic E-state index is 12.7. The number of anilines is 2. The van der Waals surface area contributed by atoms with E-state index < -0.39 is 14.9 Å². The van der Waals surface area contributed by atoms with Crippen molar-refractivity contribution in [2.75, 3.05) is 49.1 Å². The zero-order valence-corrected chi connectivity index (χ0v) is 18.4. The summed E-state index contributed by atoms with van der Waals surface area (Å²) >= 11 is 5.88. The Kier molecular flexibility index (Phi) is 6.79. The summed E-state index contributed by atoms with van der Waals surface area (Å²) in [7, 11) is -3.77. The summed E-state index contributed by atoms with van der Waals surface area (Å²) in [6.07, 6.45) is 1.59. The van der Waals surface area contributed by atoms with Gasteiger partial charge in [-0.25, -0.2) is 13.4 Å². The molecule has 0 unspecified atom stereocenters. The molecule has 30 heavy (non-hydrogen) atoms. The van der Waals surface area contributed by atoms with Crippen molar-refractivity contribution in [2.45, 2.75) is 18.7 Å². The molecule has 162 valence electrons. The molecule has 0 spiro atoms. The molecular formula is C19H24ClN5O4S. The fourth-order valence-corrected chi connectivity index (χ4v) is 5.11. The average Bonchev–Trinajstić information content (AvgIpc) is 2.74. The highest BCUT2D eigenvalue weighted by Crippen LogP contribution is 2.33. The number of nitro benzene ring substituents is 1. The number of rotatable bonds is 7. The van der Waals surface area contributed by atoms with Crippen LogP contribution in [0.5, 0.6) is 0 Å². The van der Waals surface area contributed by atoms with E-state index in [1.807, 2.05) is 11.0 Å². The van der Waals surface area contributed by atoms with Crippen LogP contribution in [0.25, 0.3) is 0 Å². The van der Waals surface area contributed by atoms with Gasteiger partial charge in [0.2, 0.25) is 10.0 Å². The standard InChI is InChI=1S/C19H24ClN5O4S/c1-3-24(4-2)30(28,29)16-6-7-17(18(13-16)25(26)27)22-9-11-23(12-10-22)19-8-5-15(20)14-21-19/h5-8,13-14H,3-4,9-12H2,1-2H3. The van der Waals surface area contributed by atoms with E-state index in [4.69, 9.17) is 11.6 Å². The zero-order chi connectivity index (χ0) is 21.9. The van der Waals surface area contributed by atoms with Gasteiger partial charge in [0.05, 0.1) is 14.8 Å². The van der Waals surface area contributed by atoms with Gasteiger partial charge in [-0.3, -0.25) is 10.1 Å². The molecule has 1 aromatic carbocycles. The molecule has 2 aromatic rings. The Bertz CT molecular complexity index is 1000. The second-order valence-electron chi connectivity index (χ2n) is 6.81. The van der Waals surface area contributed by atoms with E-state index in [9.17, 15) is 18.5 Å².